The van der Waals surface area contributed by atoms with Gasteiger partial charge in [0.2, 0.25) is 0 Å². The van der Waals surface area contributed by atoms with Gasteiger partial charge in [-0.1, -0.05) is 40.0 Å². The van der Waals surface area contributed by atoms with E-state index in [4.69, 9.17) is 16.2 Å². The summed E-state index contributed by atoms with van der Waals surface area (Å²) in [6.07, 6.45) is 15.1. The lowest BCUT2D eigenvalue weighted by Gasteiger charge is -2.61. The van der Waals surface area contributed by atoms with Crippen LogP contribution in [0.5, 0.6) is 0 Å². The number of hydrogen-bond acceptors (Lipinski definition) is 3. The van der Waals surface area contributed by atoms with Gasteiger partial charge in [0, 0.05) is 11.4 Å². The third-order valence-corrected chi connectivity index (χ3v) is 12.3. The Morgan fingerprint density at radius 2 is 1.69 bits per heavy atom. The van der Waals surface area contributed by atoms with Crippen LogP contribution >= 0.6 is 0 Å². The van der Waals surface area contributed by atoms with Crippen LogP contribution in [0.25, 0.3) is 0 Å². The Hall–Kier alpha value is -1.78. The summed E-state index contributed by atoms with van der Waals surface area (Å²) in [5, 5.41) is 0. The van der Waals surface area contributed by atoms with E-state index in [1.54, 1.807) is 0 Å². The number of benzene rings is 1. The average Bonchev–Trinajstić information content (AvgIpc) is 3.24. The average molecular weight is 543 g/mol. The van der Waals surface area contributed by atoms with Gasteiger partial charge < -0.3 is 16.2 Å². The summed E-state index contributed by atoms with van der Waals surface area (Å²) in [6.45, 7) is 9.65. The summed E-state index contributed by atoms with van der Waals surface area (Å²) in [6, 6.07) is 3.89. The molecule has 0 heterocycles. The number of allylic oxidation sites excluding steroid dienone is 1. The van der Waals surface area contributed by atoms with Crippen LogP contribution < -0.4 is 11.5 Å². The number of halogens is 2. The van der Waals surface area contributed by atoms with Crippen LogP contribution in [0.15, 0.2) is 30.0 Å². The van der Waals surface area contributed by atoms with Crippen molar-refractivity contribution < 1.29 is 13.5 Å². The normalized spacial score (nSPS) is 37.5. The van der Waals surface area contributed by atoms with Crippen LogP contribution in [0.3, 0.4) is 0 Å². The number of fused-ring (bicyclic) bond motifs is 5. The summed E-state index contributed by atoms with van der Waals surface area (Å²) in [5.74, 6) is 5.25. The number of anilines is 2. The predicted molar refractivity (Wildman–Crippen MR) is 157 cm³/mol. The Morgan fingerprint density at radius 1 is 0.974 bits per heavy atom. The predicted octanol–water partition coefficient (Wildman–Crippen LogP) is 9.68. The topological polar surface area (TPSA) is 61.3 Å². The standard InChI is InChI=1S/C34H52F2N2O/c1-22(21-39-34(35,36)25-18-26(37)20-27(38)19-25)8-7-9-23(2)29-13-14-30-28-12-11-24-10-5-6-16-32(24,3)31(28)15-17-33(29,30)4/h18-21,23-24,28-31H,5-17,37-38H2,1-4H3/t23?,24?,28-,29+,30-,31-,32-,33+/m0/s1. The first kappa shape index (κ1) is 28.7. The molecule has 0 radical (unpaired) electrons. The summed E-state index contributed by atoms with van der Waals surface area (Å²) in [4.78, 5) is 0. The van der Waals surface area contributed by atoms with Gasteiger partial charge in [-0.05, 0) is 141 Å². The van der Waals surface area contributed by atoms with Crippen molar-refractivity contribution >= 4 is 11.4 Å². The summed E-state index contributed by atoms with van der Waals surface area (Å²) in [5.41, 5.74) is 13.4. The summed E-state index contributed by atoms with van der Waals surface area (Å²) >= 11 is 0. The van der Waals surface area contributed by atoms with Crippen molar-refractivity contribution in [3.05, 3.63) is 35.6 Å². The van der Waals surface area contributed by atoms with Crippen LogP contribution in [0.4, 0.5) is 20.2 Å². The number of ether oxygens (including phenoxy) is 1. The molecule has 1 aromatic rings. The van der Waals surface area contributed by atoms with Crippen LogP contribution in [-0.2, 0) is 10.8 Å². The van der Waals surface area contributed by atoms with Gasteiger partial charge in [0.15, 0.2) is 0 Å². The third-order valence-electron chi connectivity index (χ3n) is 12.3. The van der Waals surface area contributed by atoms with Gasteiger partial charge in [-0.3, -0.25) is 0 Å². The molecule has 4 aliphatic carbocycles. The fourth-order valence-corrected chi connectivity index (χ4v) is 10.3. The summed E-state index contributed by atoms with van der Waals surface area (Å²) in [7, 11) is 0. The van der Waals surface area contributed by atoms with Crippen molar-refractivity contribution in [3.8, 4) is 0 Å². The van der Waals surface area contributed by atoms with Crippen molar-refractivity contribution in [1.82, 2.24) is 0 Å². The second-order valence-electron chi connectivity index (χ2n) is 14.5. The Balaban J connectivity index is 1.15. The van der Waals surface area contributed by atoms with Crippen LogP contribution in [0, 0.1) is 46.3 Å². The van der Waals surface area contributed by atoms with E-state index in [0.717, 1.165) is 54.4 Å². The first-order valence-electron chi connectivity index (χ1n) is 15.8. The van der Waals surface area contributed by atoms with Crippen molar-refractivity contribution in [2.24, 2.45) is 46.3 Å². The molecule has 0 bridgehead atoms. The van der Waals surface area contributed by atoms with Crippen LogP contribution in [-0.4, -0.2) is 0 Å². The van der Waals surface area contributed by atoms with E-state index in [0.29, 0.717) is 16.7 Å². The van der Waals surface area contributed by atoms with Crippen LogP contribution in [0.1, 0.15) is 117 Å². The zero-order chi connectivity index (χ0) is 28.0. The molecule has 4 fully saturated rings. The van der Waals surface area contributed by atoms with Gasteiger partial charge >= 0.3 is 6.11 Å². The van der Waals surface area contributed by atoms with E-state index in [-0.39, 0.29) is 16.9 Å². The molecule has 4 N–H and O–H groups in total. The second-order valence-corrected chi connectivity index (χ2v) is 14.5. The molecule has 5 heteroatoms. The van der Waals surface area contributed by atoms with Crippen molar-refractivity contribution in [2.45, 2.75) is 117 Å². The van der Waals surface area contributed by atoms with E-state index >= 15 is 0 Å². The molecule has 0 amide bonds. The fourth-order valence-electron chi connectivity index (χ4n) is 10.3. The molecule has 8 atom stereocenters. The van der Waals surface area contributed by atoms with Gasteiger partial charge in [-0.25, -0.2) is 0 Å². The maximum absolute atomic E-state index is 14.6. The number of hydrogen-bond donors (Lipinski definition) is 2. The molecule has 0 aromatic heterocycles. The van der Waals surface area contributed by atoms with Gasteiger partial charge in [-0.2, -0.15) is 8.78 Å². The highest BCUT2D eigenvalue weighted by atomic mass is 19.3. The monoisotopic (exact) mass is 542 g/mol. The first-order valence-corrected chi connectivity index (χ1v) is 15.8. The molecule has 0 aliphatic heterocycles. The first-order chi connectivity index (χ1) is 18.4. The van der Waals surface area contributed by atoms with E-state index < -0.39 is 6.11 Å². The number of rotatable bonds is 8. The lowest BCUT2D eigenvalue weighted by atomic mass is 9.44. The quantitative estimate of drug-likeness (QED) is 0.254. The molecule has 218 valence electrons. The Bertz CT molecular complexity index is 1040. The molecule has 2 unspecified atom stereocenters. The minimum atomic E-state index is -3.46. The fraction of sp³-hybridized carbons (Fsp3) is 0.765. The van der Waals surface area contributed by atoms with Crippen LogP contribution in [0.2, 0.25) is 0 Å². The zero-order valence-electron chi connectivity index (χ0n) is 24.8. The van der Waals surface area contributed by atoms with Crippen molar-refractivity contribution in [1.29, 1.82) is 0 Å². The number of alkyl halides is 2. The van der Waals surface area contributed by atoms with E-state index in [1.807, 2.05) is 6.92 Å². The van der Waals surface area contributed by atoms with Crippen molar-refractivity contribution in [2.75, 3.05) is 11.5 Å². The minimum Gasteiger partial charge on any atom is -0.437 e. The largest absolute Gasteiger partial charge is 0.437 e. The van der Waals surface area contributed by atoms with Crippen molar-refractivity contribution in [3.63, 3.8) is 0 Å². The Labute approximate surface area is 235 Å². The molecule has 39 heavy (non-hydrogen) atoms. The third kappa shape index (κ3) is 5.45. The minimum absolute atomic E-state index is 0.204. The molecule has 4 saturated carbocycles. The molecule has 4 aliphatic rings. The highest BCUT2D eigenvalue weighted by molar-refractivity contribution is 5.54. The molecular weight excluding hydrogens is 490 g/mol. The molecule has 5 rings (SSSR count). The highest BCUT2D eigenvalue weighted by Crippen LogP contribution is 2.68. The zero-order valence-corrected chi connectivity index (χ0v) is 24.8. The highest BCUT2D eigenvalue weighted by Gasteiger charge is 2.60. The number of nitrogens with two attached hydrogens (primary N) is 2. The summed E-state index contributed by atoms with van der Waals surface area (Å²) < 4.78 is 34.1. The maximum atomic E-state index is 14.6. The van der Waals surface area contributed by atoms with E-state index in [2.05, 4.69) is 20.8 Å². The molecule has 0 saturated heterocycles. The van der Waals surface area contributed by atoms with Gasteiger partial charge in [0.25, 0.3) is 0 Å². The molecular formula is C34H52F2N2O. The van der Waals surface area contributed by atoms with E-state index in [9.17, 15) is 8.78 Å². The maximum Gasteiger partial charge on any atom is 0.426 e. The molecule has 0 spiro atoms. The molecule has 3 nitrogen and oxygen atoms in total. The van der Waals surface area contributed by atoms with Gasteiger partial charge in [0.1, 0.15) is 0 Å². The van der Waals surface area contributed by atoms with Gasteiger partial charge in [0.05, 0.1) is 11.8 Å². The SMILES string of the molecule is CC(=COC(F)(F)c1cc(N)cc(N)c1)CCCC(C)[C@H]1CC[C@H]2[C@@H]3CCC4CCCC[C@]4(C)[C@H]3CC[C@]12C. The Kier molecular flexibility index (Phi) is 8.03. The number of nitrogen functional groups attached to an aromatic ring is 2. The van der Waals surface area contributed by atoms with E-state index in [1.165, 1.54) is 88.7 Å². The lowest BCUT2D eigenvalue weighted by Crippen LogP contribution is -2.53. The Morgan fingerprint density at radius 3 is 2.44 bits per heavy atom. The second kappa shape index (κ2) is 10.9. The smallest absolute Gasteiger partial charge is 0.426 e. The molecule has 1 aromatic carbocycles. The lowest BCUT2D eigenvalue weighted by molar-refractivity contribution is -0.214. The van der Waals surface area contributed by atoms with Gasteiger partial charge in [-0.15, -0.1) is 0 Å².